The summed E-state index contributed by atoms with van der Waals surface area (Å²) in [7, 11) is 0. The summed E-state index contributed by atoms with van der Waals surface area (Å²) in [4.78, 5) is 34.4. The molecule has 1 aliphatic heterocycles. The number of aliphatic hydroxyl groups excluding tert-OH is 3. The van der Waals surface area contributed by atoms with Crippen LogP contribution in [0.1, 0.15) is 32.7 Å². The first-order valence-corrected chi connectivity index (χ1v) is 8.71. The van der Waals surface area contributed by atoms with Gasteiger partial charge in [-0.3, -0.25) is 14.4 Å². The first kappa shape index (κ1) is 21.9. The molecule has 1 fully saturated rings. The highest BCUT2D eigenvalue weighted by Gasteiger charge is 2.46. The van der Waals surface area contributed by atoms with E-state index in [4.69, 9.17) is 4.74 Å². The van der Waals surface area contributed by atoms with Gasteiger partial charge in [-0.05, 0) is 6.92 Å². The average molecular weight is 399 g/mol. The zero-order chi connectivity index (χ0) is 21.0. The van der Waals surface area contributed by atoms with Gasteiger partial charge >= 0.3 is 0 Å². The van der Waals surface area contributed by atoms with Crippen LogP contribution >= 0.6 is 0 Å². The van der Waals surface area contributed by atoms with Crippen molar-refractivity contribution in [2.45, 2.75) is 63.8 Å². The molecule has 6 atom stereocenters. The molecule has 2 amide bonds. The Morgan fingerprint density at radius 1 is 1.21 bits per heavy atom. The van der Waals surface area contributed by atoms with Gasteiger partial charge in [0, 0.05) is 20.3 Å². The maximum atomic E-state index is 11.7. The van der Waals surface area contributed by atoms with Gasteiger partial charge < -0.3 is 30.7 Å². The molecule has 12 nitrogen and oxygen atoms in total. The monoisotopic (exact) mass is 399 g/mol. The summed E-state index contributed by atoms with van der Waals surface area (Å²) < 4.78 is 6.82. The molecule has 1 aromatic rings. The molecule has 0 spiro atoms. The van der Waals surface area contributed by atoms with Gasteiger partial charge in [0.25, 0.3) is 0 Å². The van der Waals surface area contributed by atoms with Crippen LogP contribution in [0.3, 0.4) is 0 Å². The molecule has 0 radical (unpaired) electrons. The Balaban J connectivity index is 2.24. The summed E-state index contributed by atoms with van der Waals surface area (Å²) in [5.41, 5.74) is 0.361. The van der Waals surface area contributed by atoms with E-state index in [-0.39, 0.29) is 18.1 Å². The van der Waals surface area contributed by atoms with Gasteiger partial charge in [0.05, 0.1) is 24.5 Å². The Morgan fingerprint density at radius 2 is 1.89 bits per heavy atom. The minimum absolute atomic E-state index is 0.0844. The summed E-state index contributed by atoms with van der Waals surface area (Å²) in [6.07, 6.45) is -3.46. The summed E-state index contributed by atoms with van der Waals surface area (Å²) in [5.74, 6) is -1.08. The van der Waals surface area contributed by atoms with E-state index in [0.717, 1.165) is 0 Å². The topological polar surface area (TPSA) is 176 Å². The quantitative estimate of drug-likeness (QED) is 0.320. The van der Waals surface area contributed by atoms with Crippen molar-refractivity contribution in [1.29, 1.82) is 0 Å². The number of carbonyl (C=O) groups is 3. The molecule has 0 saturated carbocycles. The number of ketones is 1. The summed E-state index contributed by atoms with van der Waals surface area (Å²) in [6.45, 7) is 3.32. The molecule has 4 unspecified atom stereocenters. The van der Waals surface area contributed by atoms with E-state index in [1.54, 1.807) is 0 Å². The van der Waals surface area contributed by atoms with Crippen molar-refractivity contribution in [1.82, 2.24) is 25.6 Å². The molecule has 0 bridgehead atoms. The Labute approximate surface area is 160 Å². The van der Waals surface area contributed by atoms with E-state index >= 15 is 0 Å². The van der Waals surface area contributed by atoms with Crippen molar-refractivity contribution in [3.63, 3.8) is 0 Å². The third kappa shape index (κ3) is 5.10. The molecule has 2 heterocycles. The Morgan fingerprint density at radius 3 is 2.43 bits per heavy atom. The Hall–Kier alpha value is -2.41. The van der Waals surface area contributed by atoms with E-state index < -0.39 is 49.1 Å². The first-order chi connectivity index (χ1) is 13.1. The number of hydrogen-bond donors (Lipinski definition) is 5. The second-order valence-electron chi connectivity index (χ2n) is 6.71. The number of Topliss-reactive ketones (excluding diaryl/α,β-unsaturated/α-hetero) is 1. The van der Waals surface area contributed by atoms with Crippen LogP contribution in [0.4, 0.5) is 0 Å². The SMILES string of the molecule is CC(=O)NC(Cc1cn([C@@H]2OC(CO)[C@@H](O)C(O)C2NC(C)=O)nn1)C(C)=O. The van der Waals surface area contributed by atoms with E-state index in [9.17, 15) is 29.7 Å². The molecule has 1 aliphatic rings. The van der Waals surface area contributed by atoms with Crippen LogP contribution in [0.5, 0.6) is 0 Å². The molecule has 28 heavy (non-hydrogen) atoms. The van der Waals surface area contributed by atoms with Gasteiger partial charge in [-0.15, -0.1) is 5.10 Å². The van der Waals surface area contributed by atoms with Crippen molar-refractivity contribution >= 4 is 17.6 Å². The molecule has 0 aromatic carbocycles. The lowest BCUT2D eigenvalue weighted by Gasteiger charge is -2.42. The largest absolute Gasteiger partial charge is 0.394 e. The molecule has 156 valence electrons. The number of aliphatic hydroxyl groups is 3. The third-order valence-corrected chi connectivity index (χ3v) is 4.37. The maximum absolute atomic E-state index is 11.7. The second-order valence-corrected chi connectivity index (χ2v) is 6.71. The number of carbonyl (C=O) groups excluding carboxylic acids is 3. The highest BCUT2D eigenvalue weighted by molar-refractivity contribution is 5.86. The van der Waals surface area contributed by atoms with Crippen molar-refractivity contribution in [2.75, 3.05) is 6.61 Å². The van der Waals surface area contributed by atoms with E-state index in [2.05, 4.69) is 20.9 Å². The van der Waals surface area contributed by atoms with Gasteiger partial charge in [-0.2, -0.15) is 0 Å². The van der Waals surface area contributed by atoms with Gasteiger partial charge in [-0.25, -0.2) is 4.68 Å². The van der Waals surface area contributed by atoms with Crippen LogP contribution in [-0.2, 0) is 25.5 Å². The van der Waals surface area contributed by atoms with Crippen LogP contribution in [0, 0.1) is 0 Å². The van der Waals surface area contributed by atoms with Crippen LogP contribution in [0.15, 0.2) is 6.20 Å². The molecule has 1 saturated heterocycles. The van der Waals surface area contributed by atoms with Crippen molar-refractivity contribution in [2.24, 2.45) is 0 Å². The predicted octanol–water partition coefficient (Wildman–Crippen LogP) is -2.97. The smallest absolute Gasteiger partial charge is 0.217 e. The van der Waals surface area contributed by atoms with Crippen molar-refractivity contribution in [3.8, 4) is 0 Å². The number of rotatable bonds is 7. The lowest BCUT2D eigenvalue weighted by atomic mass is 9.96. The number of hydrogen-bond acceptors (Lipinski definition) is 9. The molecular formula is C16H25N5O7. The van der Waals surface area contributed by atoms with Gasteiger partial charge in [0.15, 0.2) is 12.0 Å². The van der Waals surface area contributed by atoms with Gasteiger partial charge in [0.2, 0.25) is 11.8 Å². The van der Waals surface area contributed by atoms with E-state index in [1.165, 1.54) is 31.6 Å². The predicted molar refractivity (Wildman–Crippen MR) is 92.6 cm³/mol. The van der Waals surface area contributed by atoms with Crippen molar-refractivity contribution < 1.29 is 34.4 Å². The summed E-state index contributed by atoms with van der Waals surface area (Å²) in [6, 6.07) is -1.83. The number of aromatic nitrogens is 3. The van der Waals surface area contributed by atoms with E-state index in [0.29, 0.717) is 5.69 Å². The van der Waals surface area contributed by atoms with Gasteiger partial charge in [-0.1, -0.05) is 5.21 Å². The molecule has 1 aromatic heterocycles. The van der Waals surface area contributed by atoms with E-state index in [1.807, 2.05) is 0 Å². The minimum atomic E-state index is -1.42. The third-order valence-electron chi connectivity index (χ3n) is 4.37. The summed E-state index contributed by atoms with van der Waals surface area (Å²) >= 11 is 0. The Kier molecular flexibility index (Phi) is 7.18. The number of nitrogens with zero attached hydrogens (tertiary/aromatic N) is 3. The van der Waals surface area contributed by atoms with Crippen LogP contribution in [-0.4, -0.2) is 84.9 Å². The van der Waals surface area contributed by atoms with Crippen LogP contribution < -0.4 is 10.6 Å². The fraction of sp³-hybridized carbons (Fsp3) is 0.688. The molecule has 12 heteroatoms. The zero-order valence-corrected chi connectivity index (χ0v) is 15.8. The fourth-order valence-corrected chi connectivity index (χ4v) is 3.00. The normalized spacial score (nSPS) is 28.4. The maximum Gasteiger partial charge on any atom is 0.217 e. The van der Waals surface area contributed by atoms with Crippen LogP contribution in [0.25, 0.3) is 0 Å². The highest BCUT2D eigenvalue weighted by Crippen LogP contribution is 2.28. The minimum Gasteiger partial charge on any atom is -0.394 e. The molecule has 0 aliphatic carbocycles. The molecule has 2 rings (SSSR count). The lowest BCUT2D eigenvalue weighted by Crippen LogP contribution is -2.62. The number of ether oxygens (including phenoxy) is 1. The number of amides is 2. The zero-order valence-electron chi connectivity index (χ0n) is 15.8. The average Bonchev–Trinajstić information content (AvgIpc) is 3.06. The Bertz CT molecular complexity index is 724. The standard InChI is InChI=1S/C16H25N5O7/c1-7(23)11(17-8(2)24)4-10-5-21(20-19-10)16-13(18-9(3)25)15(27)14(26)12(6-22)28-16/h5,11-16,22,26-27H,4,6H2,1-3H3,(H,17,24)(H,18,25)/t11?,12?,13?,14-,15?,16-/m1/s1. The highest BCUT2D eigenvalue weighted by atomic mass is 16.5. The fourth-order valence-electron chi connectivity index (χ4n) is 3.00. The second kappa shape index (κ2) is 9.19. The summed E-state index contributed by atoms with van der Waals surface area (Å²) in [5, 5.41) is 42.6. The first-order valence-electron chi connectivity index (χ1n) is 8.71. The lowest BCUT2D eigenvalue weighted by molar-refractivity contribution is -0.219. The van der Waals surface area contributed by atoms with Crippen molar-refractivity contribution in [3.05, 3.63) is 11.9 Å². The molecular weight excluding hydrogens is 374 g/mol. The number of nitrogens with one attached hydrogen (secondary N) is 2. The molecule has 5 N–H and O–H groups in total. The van der Waals surface area contributed by atoms with Crippen LogP contribution in [0.2, 0.25) is 0 Å². The van der Waals surface area contributed by atoms with Gasteiger partial charge in [0.1, 0.15) is 24.4 Å².